The van der Waals surface area contributed by atoms with Crippen LogP contribution in [0.1, 0.15) is 39.7 Å². The normalized spacial score (nSPS) is 14.0. The Labute approximate surface area is 158 Å². The van der Waals surface area contributed by atoms with E-state index >= 15 is 0 Å². The SMILES string of the molecule is [B]C(C)(CC(C)(C)C)c1ccc(-c2ccc(-c3ccccc3)nc2)cc1. The first kappa shape index (κ1) is 18.4. The molecule has 0 aliphatic rings. The van der Waals surface area contributed by atoms with Crippen LogP contribution in [-0.2, 0) is 5.31 Å². The van der Waals surface area contributed by atoms with Gasteiger partial charge >= 0.3 is 0 Å². The van der Waals surface area contributed by atoms with Gasteiger partial charge in [0, 0.05) is 17.3 Å². The van der Waals surface area contributed by atoms with Gasteiger partial charge in [0.15, 0.2) is 0 Å². The van der Waals surface area contributed by atoms with Gasteiger partial charge in [0.25, 0.3) is 0 Å². The van der Waals surface area contributed by atoms with E-state index in [0.29, 0.717) is 0 Å². The third kappa shape index (κ3) is 4.43. The first-order valence-electron chi connectivity index (χ1n) is 9.16. The van der Waals surface area contributed by atoms with E-state index in [-0.39, 0.29) is 10.7 Å². The van der Waals surface area contributed by atoms with Crippen LogP contribution in [0.2, 0.25) is 0 Å². The lowest BCUT2D eigenvalue weighted by atomic mass is 9.59. The predicted molar refractivity (Wildman–Crippen MR) is 112 cm³/mol. The summed E-state index contributed by atoms with van der Waals surface area (Å²) in [6, 6.07) is 23.0. The molecule has 1 aromatic heterocycles. The zero-order valence-corrected chi connectivity index (χ0v) is 16.2. The Morgan fingerprint density at radius 3 is 1.88 bits per heavy atom. The lowest BCUT2D eigenvalue weighted by molar-refractivity contribution is 0.327. The minimum absolute atomic E-state index is 0.194. The molecule has 2 aromatic carbocycles. The maximum atomic E-state index is 6.58. The number of pyridine rings is 1. The molecule has 0 N–H and O–H groups in total. The highest BCUT2D eigenvalue weighted by Gasteiger charge is 2.26. The highest BCUT2D eigenvalue weighted by atomic mass is 14.7. The molecule has 0 aliphatic heterocycles. The van der Waals surface area contributed by atoms with Gasteiger partial charge < -0.3 is 0 Å². The third-order valence-electron chi connectivity index (χ3n) is 4.61. The number of hydrogen-bond donors (Lipinski definition) is 0. The molecule has 3 aromatic rings. The van der Waals surface area contributed by atoms with Gasteiger partial charge in [0.2, 0.25) is 0 Å². The summed E-state index contributed by atoms with van der Waals surface area (Å²) in [5, 5.41) is -0.327. The van der Waals surface area contributed by atoms with Crippen molar-refractivity contribution in [2.24, 2.45) is 5.41 Å². The molecule has 130 valence electrons. The van der Waals surface area contributed by atoms with E-state index in [9.17, 15) is 0 Å². The van der Waals surface area contributed by atoms with Gasteiger partial charge in [-0.1, -0.05) is 93.9 Å². The molecule has 1 unspecified atom stereocenters. The van der Waals surface area contributed by atoms with Crippen LogP contribution in [0.4, 0.5) is 0 Å². The van der Waals surface area contributed by atoms with Crippen LogP contribution in [0.5, 0.6) is 0 Å². The minimum Gasteiger partial charge on any atom is -0.256 e. The standard InChI is InChI=1S/C24H26BN/c1-23(2,3)17-24(4,25)21-13-10-18(11-14-21)20-12-15-22(26-16-20)19-8-6-5-7-9-19/h5-16H,17H2,1-4H3. The summed E-state index contributed by atoms with van der Waals surface area (Å²) >= 11 is 0. The molecular formula is C24H26BN. The molecule has 0 bridgehead atoms. The van der Waals surface area contributed by atoms with Crippen molar-refractivity contribution in [3.63, 3.8) is 0 Å². The summed E-state index contributed by atoms with van der Waals surface area (Å²) in [5.74, 6) is 0. The van der Waals surface area contributed by atoms with Crippen molar-refractivity contribution in [1.82, 2.24) is 4.98 Å². The molecule has 0 aliphatic carbocycles. The largest absolute Gasteiger partial charge is 0.256 e. The zero-order valence-electron chi connectivity index (χ0n) is 16.2. The van der Waals surface area contributed by atoms with Crippen molar-refractivity contribution in [2.75, 3.05) is 0 Å². The average Bonchev–Trinajstić information content (AvgIpc) is 2.61. The van der Waals surface area contributed by atoms with Crippen LogP contribution < -0.4 is 0 Å². The second-order valence-electron chi connectivity index (χ2n) is 8.53. The van der Waals surface area contributed by atoms with Crippen molar-refractivity contribution in [3.05, 3.63) is 78.5 Å². The van der Waals surface area contributed by atoms with Crippen molar-refractivity contribution >= 4 is 7.85 Å². The predicted octanol–water partition coefficient (Wildman–Crippen LogP) is 6.24. The molecule has 0 spiro atoms. The first-order valence-corrected chi connectivity index (χ1v) is 9.16. The van der Waals surface area contributed by atoms with Crippen LogP contribution in [0.15, 0.2) is 72.9 Å². The van der Waals surface area contributed by atoms with Crippen molar-refractivity contribution < 1.29 is 0 Å². The Balaban J connectivity index is 1.81. The number of benzene rings is 2. The van der Waals surface area contributed by atoms with Gasteiger partial charge in [0.05, 0.1) is 13.5 Å². The summed E-state index contributed by atoms with van der Waals surface area (Å²) in [7, 11) is 6.58. The van der Waals surface area contributed by atoms with E-state index < -0.39 is 0 Å². The summed E-state index contributed by atoms with van der Waals surface area (Å²) in [6.45, 7) is 8.80. The van der Waals surface area contributed by atoms with Gasteiger partial charge in [-0.25, -0.2) is 0 Å². The van der Waals surface area contributed by atoms with Crippen molar-refractivity contribution in [2.45, 2.75) is 39.4 Å². The molecule has 1 nitrogen and oxygen atoms in total. The van der Waals surface area contributed by atoms with E-state index in [2.05, 4.69) is 81.2 Å². The summed E-state index contributed by atoms with van der Waals surface area (Å²) in [6.07, 6.45) is 2.88. The van der Waals surface area contributed by atoms with Gasteiger partial charge in [0.1, 0.15) is 0 Å². The number of rotatable bonds is 4. The Hall–Kier alpha value is -2.35. The number of nitrogens with zero attached hydrogens (tertiary/aromatic N) is 1. The van der Waals surface area contributed by atoms with E-state index in [0.717, 1.165) is 28.8 Å². The van der Waals surface area contributed by atoms with Crippen LogP contribution in [-0.4, -0.2) is 12.8 Å². The fourth-order valence-electron chi connectivity index (χ4n) is 3.59. The third-order valence-corrected chi connectivity index (χ3v) is 4.61. The summed E-state index contributed by atoms with van der Waals surface area (Å²) in [4.78, 5) is 4.62. The second kappa shape index (κ2) is 7.11. The lowest BCUT2D eigenvalue weighted by Gasteiger charge is -2.33. The lowest BCUT2D eigenvalue weighted by Crippen LogP contribution is -2.28. The molecule has 0 saturated carbocycles. The molecule has 26 heavy (non-hydrogen) atoms. The molecule has 2 radical (unpaired) electrons. The first-order chi connectivity index (χ1) is 12.2. The van der Waals surface area contributed by atoms with Crippen LogP contribution >= 0.6 is 0 Å². The van der Waals surface area contributed by atoms with Crippen LogP contribution in [0, 0.1) is 5.41 Å². The average molecular weight is 339 g/mol. The topological polar surface area (TPSA) is 12.9 Å². The van der Waals surface area contributed by atoms with Gasteiger partial charge in [-0.05, 0) is 28.8 Å². The Morgan fingerprint density at radius 2 is 1.35 bits per heavy atom. The number of hydrogen-bond acceptors (Lipinski definition) is 1. The molecule has 0 amide bonds. The molecule has 3 rings (SSSR count). The van der Waals surface area contributed by atoms with E-state index in [1.807, 2.05) is 24.4 Å². The molecule has 0 saturated heterocycles. The molecular weight excluding hydrogens is 313 g/mol. The fourth-order valence-corrected chi connectivity index (χ4v) is 3.59. The molecule has 0 fully saturated rings. The van der Waals surface area contributed by atoms with Gasteiger partial charge in [-0.15, -0.1) is 0 Å². The van der Waals surface area contributed by atoms with E-state index in [4.69, 9.17) is 7.85 Å². The maximum Gasteiger partial charge on any atom is 0.0806 e. The van der Waals surface area contributed by atoms with Gasteiger partial charge in [-0.3, -0.25) is 4.98 Å². The molecule has 1 heterocycles. The van der Waals surface area contributed by atoms with Crippen molar-refractivity contribution in [1.29, 1.82) is 0 Å². The zero-order chi connectivity index (χ0) is 18.8. The highest BCUT2D eigenvalue weighted by Crippen LogP contribution is 2.35. The quantitative estimate of drug-likeness (QED) is 0.513. The van der Waals surface area contributed by atoms with Crippen molar-refractivity contribution in [3.8, 4) is 22.4 Å². The Morgan fingerprint density at radius 1 is 0.731 bits per heavy atom. The van der Waals surface area contributed by atoms with Crippen LogP contribution in [0.3, 0.4) is 0 Å². The summed E-state index contributed by atoms with van der Waals surface area (Å²) < 4.78 is 0. The van der Waals surface area contributed by atoms with Crippen LogP contribution in [0.25, 0.3) is 22.4 Å². The van der Waals surface area contributed by atoms with E-state index in [1.54, 1.807) is 0 Å². The smallest absolute Gasteiger partial charge is 0.0806 e. The Kier molecular flexibility index (Phi) is 5.04. The minimum atomic E-state index is -0.327. The fraction of sp³-hybridized carbons (Fsp3) is 0.292. The molecule has 1 atom stereocenters. The second-order valence-corrected chi connectivity index (χ2v) is 8.53. The number of aromatic nitrogens is 1. The summed E-state index contributed by atoms with van der Waals surface area (Å²) in [5.41, 5.74) is 5.77. The van der Waals surface area contributed by atoms with E-state index in [1.165, 1.54) is 5.56 Å². The highest BCUT2D eigenvalue weighted by molar-refractivity contribution is 6.15. The maximum absolute atomic E-state index is 6.58. The molecule has 2 heteroatoms. The monoisotopic (exact) mass is 339 g/mol. The van der Waals surface area contributed by atoms with Gasteiger partial charge in [-0.2, -0.15) is 0 Å². The Bertz CT molecular complexity index is 841.